The summed E-state index contributed by atoms with van der Waals surface area (Å²) in [6, 6.07) is 14.6. The lowest BCUT2D eigenvalue weighted by molar-refractivity contribution is -0.122. The second kappa shape index (κ2) is 7.23. The molecule has 0 aliphatic rings. The van der Waals surface area contributed by atoms with Crippen molar-refractivity contribution in [1.82, 2.24) is 0 Å². The highest BCUT2D eigenvalue weighted by atomic mass is 19.1. The van der Waals surface area contributed by atoms with Crippen molar-refractivity contribution in [1.29, 1.82) is 5.26 Å². The molecule has 5 heteroatoms. The molecule has 2 aromatic rings. The topological polar surface area (TPSA) is 62.1 Å². The van der Waals surface area contributed by atoms with Crippen molar-refractivity contribution in [2.75, 3.05) is 5.32 Å². The van der Waals surface area contributed by atoms with Crippen LogP contribution in [0, 0.1) is 17.1 Å². The number of benzene rings is 2. The molecule has 0 aliphatic carbocycles. The normalized spacial score (nSPS) is 11.3. The van der Waals surface area contributed by atoms with Crippen LogP contribution in [-0.4, -0.2) is 12.0 Å². The minimum absolute atomic E-state index is 0.308. The number of rotatable bonds is 5. The number of anilines is 1. The molecule has 1 amide bonds. The number of ether oxygens (including phenoxy) is 1. The highest BCUT2D eigenvalue weighted by molar-refractivity contribution is 5.94. The van der Waals surface area contributed by atoms with Gasteiger partial charge in [-0.3, -0.25) is 4.79 Å². The third-order valence-electron chi connectivity index (χ3n) is 3.00. The van der Waals surface area contributed by atoms with Crippen molar-refractivity contribution < 1.29 is 13.9 Å². The minimum Gasteiger partial charge on any atom is -0.481 e. The molecule has 1 atom stereocenters. The number of halogens is 1. The summed E-state index contributed by atoms with van der Waals surface area (Å²) in [6.45, 7) is 1.61. The third-order valence-corrected chi connectivity index (χ3v) is 3.00. The van der Waals surface area contributed by atoms with Crippen molar-refractivity contribution in [2.45, 2.75) is 19.4 Å². The monoisotopic (exact) mass is 298 g/mol. The Balaban J connectivity index is 1.93. The number of hydrogen-bond acceptors (Lipinski definition) is 3. The van der Waals surface area contributed by atoms with E-state index in [1.165, 1.54) is 24.3 Å². The maximum absolute atomic E-state index is 12.8. The first-order valence-electron chi connectivity index (χ1n) is 6.77. The van der Waals surface area contributed by atoms with Crippen LogP contribution in [0.15, 0.2) is 48.5 Å². The summed E-state index contributed by atoms with van der Waals surface area (Å²) in [5.74, 6) is -0.243. The fourth-order valence-electron chi connectivity index (χ4n) is 1.81. The van der Waals surface area contributed by atoms with Gasteiger partial charge in [-0.05, 0) is 48.9 Å². The van der Waals surface area contributed by atoms with E-state index >= 15 is 0 Å². The first-order valence-corrected chi connectivity index (χ1v) is 6.77. The molecule has 0 aliphatic heterocycles. The summed E-state index contributed by atoms with van der Waals surface area (Å²) in [6.07, 6.45) is -0.387. The molecule has 112 valence electrons. The third kappa shape index (κ3) is 4.32. The largest absolute Gasteiger partial charge is 0.481 e. The molecule has 22 heavy (non-hydrogen) atoms. The summed E-state index contributed by atoms with van der Waals surface area (Å²) < 4.78 is 18.2. The number of carbonyl (C=O) groups excluding carboxylic acids is 1. The van der Waals surface area contributed by atoms with Gasteiger partial charge in [-0.15, -0.1) is 0 Å². The summed E-state index contributed by atoms with van der Waals surface area (Å²) >= 11 is 0. The molecule has 0 spiro atoms. The molecule has 0 heterocycles. The van der Waals surface area contributed by atoms with Crippen LogP contribution in [0.2, 0.25) is 0 Å². The molecule has 0 bridgehead atoms. The first-order chi connectivity index (χ1) is 10.6. The molecule has 2 aromatic carbocycles. The van der Waals surface area contributed by atoms with Crippen LogP contribution in [0.25, 0.3) is 0 Å². The molecule has 2 rings (SSSR count). The van der Waals surface area contributed by atoms with Gasteiger partial charge in [0.25, 0.3) is 5.91 Å². The van der Waals surface area contributed by atoms with Gasteiger partial charge in [-0.2, -0.15) is 5.26 Å². The average molecular weight is 298 g/mol. The Bertz CT molecular complexity index is 675. The van der Waals surface area contributed by atoms with E-state index in [1.54, 1.807) is 31.2 Å². The standard InChI is InChI=1S/C17H15FN2O2/c1-12(22-16-8-4-14(18)5-9-16)17(21)20-15-6-2-13(3-7-15)10-11-19/h2-9,12H,10H2,1H3,(H,20,21)/t12-/m0/s1. The quantitative estimate of drug-likeness (QED) is 0.921. The number of nitriles is 1. The van der Waals surface area contributed by atoms with Crippen LogP contribution >= 0.6 is 0 Å². The zero-order valence-electron chi connectivity index (χ0n) is 12.0. The highest BCUT2D eigenvalue weighted by Gasteiger charge is 2.14. The van der Waals surface area contributed by atoms with Crippen LogP contribution in [0.1, 0.15) is 12.5 Å². The van der Waals surface area contributed by atoms with Gasteiger partial charge in [0.15, 0.2) is 6.10 Å². The molecule has 0 fully saturated rings. The van der Waals surface area contributed by atoms with Gasteiger partial charge in [0, 0.05) is 5.69 Å². The van der Waals surface area contributed by atoms with Crippen LogP contribution in [0.4, 0.5) is 10.1 Å². The average Bonchev–Trinajstić information content (AvgIpc) is 2.51. The molecule has 1 N–H and O–H groups in total. The molecule has 0 unspecified atom stereocenters. The van der Waals surface area contributed by atoms with E-state index < -0.39 is 6.10 Å². The smallest absolute Gasteiger partial charge is 0.265 e. The van der Waals surface area contributed by atoms with E-state index in [0.29, 0.717) is 17.9 Å². The Kier molecular flexibility index (Phi) is 5.10. The van der Waals surface area contributed by atoms with Gasteiger partial charge in [0.05, 0.1) is 12.5 Å². The SMILES string of the molecule is C[C@H](Oc1ccc(F)cc1)C(=O)Nc1ccc(CC#N)cc1. The second-order valence-corrected chi connectivity index (χ2v) is 4.74. The zero-order chi connectivity index (χ0) is 15.9. The molecular weight excluding hydrogens is 283 g/mol. The van der Waals surface area contributed by atoms with Gasteiger partial charge in [0.1, 0.15) is 11.6 Å². The number of nitrogens with one attached hydrogen (secondary N) is 1. The van der Waals surface area contributed by atoms with Crippen LogP contribution < -0.4 is 10.1 Å². The van der Waals surface area contributed by atoms with E-state index in [0.717, 1.165) is 5.56 Å². The molecular formula is C17H15FN2O2. The molecule has 4 nitrogen and oxygen atoms in total. The van der Waals surface area contributed by atoms with Gasteiger partial charge in [-0.25, -0.2) is 4.39 Å². The predicted octanol–water partition coefficient (Wildman–Crippen LogP) is 3.30. The Labute approximate surface area is 128 Å². The van der Waals surface area contributed by atoms with Crippen LogP contribution in [0.3, 0.4) is 0 Å². The molecule has 0 radical (unpaired) electrons. The highest BCUT2D eigenvalue weighted by Crippen LogP contribution is 2.15. The lowest BCUT2D eigenvalue weighted by Crippen LogP contribution is -2.30. The van der Waals surface area contributed by atoms with Gasteiger partial charge >= 0.3 is 0 Å². The van der Waals surface area contributed by atoms with Crippen LogP contribution in [0.5, 0.6) is 5.75 Å². The van der Waals surface area contributed by atoms with Crippen molar-refractivity contribution in [3.8, 4) is 11.8 Å². The maximum atomic E-state index is 12.8. The number of nitrogens with zero attached hydrogens (tertiary/aromatic N) is 1. The number of amides is 1. The fraction of sp³-hybridized carbons (Fsp3) is 0.176. The fourth-order valence-corrected chi connectivity index (χ4v) is 1.81. The van der Waals surface area contributed by atoms with Gasteiger partial charge in [-0.1, -0.05) is 12.1 Å². The summed E-state index contributed by atoms with van der Waals surface area (Å²) in [5.41, 5.74) is 1.51. The molecule has 0 saturated carbocycles. The minimum atomic E-state index is -0.718. The Hall–Kier alpha value is -2.87. The summed E-state index contributed by atoms with van der Waals surface area (Å²) in [5, 5.41) is 11.3. The lowest BCUT2D eigenvalue weighted by Gasteiger charge is -2.14. The van der Waals surface area contributed by atoms with Crippen LogP contribution in [-0.2, 0) is 11.2 Å². The zero-order valence-corrected chi connectivity index (χ0v) is 12.0. The van der Waals surface area contributed by atoms with E-state index in [4.69, 9.17) is 10.00 Å². The van der Waals surface area contributed by atoms with Gasteiger partial charge in [0.2, 0.25) is 0 Å². The van der Waals surface area contributed by atoms with Gasteiger partial charge < -0.3 is 10.1 Å². The summed E-state index contributed by atoms with van der Waals surface area (Å²) in [4.78, 5) is 12.0. The van der Waals surface area contributed by atoms with Crippen molar-refractivity contribution in [3.05, 3.63) is 59.9 Å². The Morgan fingerprint density at radius 1 is 1.23 bits per heavy atom. The second-order valence-electron chi connectivity index (χ2n) is 4.74. The van der Waals surface area contributed by atoms with Crippen molar-refractivity contribution >= 4 is 11.6 Å². The summed E-state index contributed by atoms with van der Waals surface area (Å²) in [7, 11) is 0. The van der Waals surface area contributed by atoms with E-state index in [9.17, 15) is 9.18 Å². The van der Waals surface area contributed by atoms with E-state index in [-0.39, 0.29) is 11.7 Å². The maximum Gasteiger partial charge on any atom is 0.265 e. The predicted molar refractivity (Wildman–Crippen MR) is 80.9 cm³/mol. The molecule has 0 saturated heterocycles. The first kappa shape index (κ1) is 15.5. The molecule has 0 aromatic heterocycles. The van der Waals surface area contributed by atoms with E-state index in [1.807, 2.05) is 0 Å². The lowest BCUT2D eigenvalue weighted by atomic mass is 10.1. The number of hydrogen-bond donors (Lipinski definition) is 1. The Morgan fingerprint density at radius 2 is 1.86 bits per heavy atom. The van der Waals surface area contributed by atoms with Crippen molar-refractivity contribution in [3.63, 3.8) is 0 Å². The van der Waals surface area contributed by atoms with Crippen molar-refractivity contribution in [2.24, 2.45) is 0 Å². The Morgan fingerprint density at radius 3 is 2.45 bits per heavy atom. The van der Waals surface area contributed by atoms with E-state index in [2.05, 4.69) is 11.4 Å². The number of carbonyl (C=O) groups is 1.